The fraction of sp³-hybridized carbons (Fsp3) is 0.250. The average Bonchev–Trinajstić information content (AvgIpc) is 3.41. The molecule has 4 rings (SSSR count). The lowest BCUT2D eigenvalue weighted by atomic mass is 10.0. The quantitative estimate of drug-likeness (QED) is 0.622. The highest BCUT2D eigenvalue weighted by atomic mass is 32.2. The van der Waals surface area contributed by atoms with E-state index in [1.165, 1.54) is 30.2 Å². The molecule has 0 aliphatic heterocycles. The van der Waals surface area contributed by atoms with Crippen LogP contribution in [0, 0.1) is 0 Å². The fourth-order valence-electron chi connectivity index (χ4n) is 2.79. The number of aromatic amines is 1. The van der Waals surface area contributed by atoms with E-state index in [1.807, 2.05) is 42.5 Å². The summed E-state index contributed by atoms with van der Waals surface area (Å²) < 4.78 is 0. The fourth-order valence-corrected chi connectivity index (χ4v) is 3.40. The Kier molecular flexibility index (Phi) is 5.02. The molecule has 0 spiro atoms. The van der Waals surface area contributed by atoms with Crippen molar-refractivity contribution in [2.24, 2.45) is 0 Å². The van der Waals surface area contributed by atoms with Gasteiger partial charge in [-0.25, -0.2) is 4.98 Å². The number of para-hydroxylation sites is 1. The molecule has 132 valence electrons. The van der Waals surface area contributed by atoms with Gasteiger partial charge in [0.1, 0.15) is 5.82 Å². The normalized spacial score (nSPS) is 13.5. The number of benzene rings is 2. The van der Waals surface area contributed by atoms with Crippen LogP contribution in [0.25, 0.3) is 0 Å². The molecule has 1 aliphatic carbocycles. The second kappa shape index (κ2) is 7.74. The number of H-pyrrole nitrogens is 1. The van der Waals surface area contributed by atoms with Crippen molar-refractivity contribution in [1.29, 1.82) is 0 Å². The van der Waals surface area contributed by atoms with E-state index in [-0.39, 0.29) is 5.91 Å². The standard InChI is InChI=1S/C20H20N4OS/c25-18(13-26-20-22-19(23-24-20)15-10-11-15)21-17-9-5-4-8-16(17)12-14-6-2-1-3-7-14/h1-9,15H,10-13H2,(H,21,25)(H,22,23,24). The van der Waals surface area contributed by atoms with Gasteiger partial charge in [-0.3, -0.25) is 9.89 Å². The van der Waals surface area contributed by atoms with Crippen LogP contribution in [0.4, 0.5) is 5.69 Å². The number of aromatic nitrogens is 3. The number of rotatable bonds is 7. The third kappa shape index (κ3) is 4.32. The van der Waals surface area contributed by atoms with Crippen molar-refractivity contribution in [3.63, 3.8) is 0 Å². The summed E-state index contributed by atoms with van der Waals surface area (Å²) in [7, 11) is 0. The largest absolute Gasteiger partial charge is 0.325 e. The van der Waals surface area contributed by atoms with Crippen molar-refractivity contribution in [3.05, 3.63) is 71.5 Å². The molecule has 1 amide bonds. The highest BCUT2D eigenvalue weighted by Crippen LogP contribution is 2.38. The summed E-state index contributed by atoms with van der Waals surface area (Å²) in [6.07, 6.45) is 3.14. The van der Waals surface area contributed by atoms with Crippen LogP contribution in [0.2, 0.25) is 0 Å². The molecule has 1 saturated carbocycles. The highest BCUT2D eigenvalue weighted by molar-refractivity contribution is 7.99. The first-order valence-corrected chi connectivity index (χ1v) is 9.73. The maximum absolute atomic E-state index is 12.3. The summed E-state index contributed by atoms with van der Waals surface area (Å²) in [5, 5.41) is 10.8. The van der Waals surface area contributed by atoms with Gasteiger partial charge in [-0.1, -0.05) is 60.3 Å². The molecule has 0 radical (unpaired) electrons. The maximum Gasteiger partial charge on any atom is 0.234 e. The minimum Gasteiger partial charge on any atom is -0.325 e. The second-order valence-corrected chi connectivity index (χ2v) is 7.38. The summed E-state index contributed by atoms with van der Waals surface area (Å²) in [5.41, 5.74) is 3.18. The van der Waals surface area contributed by atoms with E-state index in [2.05, 4.69) is 32.6 Å². The van der Waals surface area contributed by atoms with Crippen LogP contribution >= 0.6 is 11.8 Å². The first-order valence-electron chi connectivity index (χ1n) is 8.75. The van der Waals surface area contributed by atoms with Gasteiger partial charge in [-0.05, 0) is 36.5 Å². The van der Waals surface area contributed by atoms with Gasteiger partial charge in [-0.15, -0.1) is 5.10 Å². The Morgan fingerprint density at radius 3 is 2.69 bits per heavy atom. The van der Waals surface area contributed by atoms with E-state index in [1.54, 1.807) is 0 Å². The van der Waals surface area contributed by atoms with Crippen LogP contribution in [0.15, 0.2) is 59.8 Å². The topological polar surface area (TPSA) is 70.7 Å². The molecular formula is C20H20N4OS. The molecule has 6 heteroatoms. The minimum atomic E-state index is -0.0479. The zero-order valence-electron chi connectivity index (χ0n) is 14.3. The van der Waals surface area contributed by atoms with Gasteiger partial charge in [0.05, 0.1) is 5.75 Å². The summed E-state index contributed by atoms with van der Waals surface area (Å²) >= 11 is 1.36. The van der Waals surface area contributed by atoms with Gasteiger partial charge in [0.25, 0.3) is 0 Å². The first-order chi connectivity index (χ1) is 12.8. The van der Waals surface area contributed by atoms with Crippen molar-refractivity contribution in [1.82, 2.24) is 15.2 Å². The van der Waals surface area contributed by atoms with Gasteiger partial charge in [0, 0.05) is 11.6 Å². The Bertz CT molecular complexity index is 890. The minimum absolute atomic E-state index is 0.0479. The van der Waals surface area contributed by atoms with Crippen LogP contribution in [-0.2, 0) is 11.2 Å². The molecular weight excluding hydrogens is 344 g/mol. The predicted octanol–water partition coefficient (Wildman–Crippen LogP) is 4.00. The Hall–Kier alpha value is -2.60. The number of carbonyl (C=O) groups is 1. The van der Waals surface area contributed by atoms with Crippen LogP contribution < -0.4 is 5.32 Å². The van der Waals surface area contributed by atoms with Gasteiger partial charge in [0.2, 0.25) is 11.1 Å². The number of thioether (sulfide) groups is 1. The van der Waals surface area contributed by atoms with Crippen LogP contribution in [0.1, 0.15) is 35.7 Å². The number of nitrogens with one attached hydrogen (secondary N) is 2. The van der Waals surface area contributed by atoms with Gasteiger partial charge >= 0.3 is 0 Å². The number of anilines is 1. The van der Waals surface area contributed by atoms with Gasteiger partial charge in [-0.2, -0.15) is 0 Å². The molecule has 26 heavy (non-hydrogen) atoms. The number of carbonyl (C=O) groups excluding carboxylic acids is 1. The van der Waals surface area contributed by atoms with E-state index in [0.717, 1.165) is 23.5 Å². The van der Waals surface area contributed by atoms with Crippen molar-refractivity contribution in [2.45, 2.75) is 30.3 Å². The smallest absolute Gasteiger partial charge is 0.234 e. The van der Waals surface area contributed by atoms with Crippen LogP contribution in [0.3, 0.4) is 0 Å². The SMILES string of the molecule is O=C(CSc1n[nH]c(C2CC2)n1)Nc1ccccc1Cc1ccccc1. The third-order valence-electron chi connectivity index (χ3n) is 4.31. The highest BCUT2D eigenvalue weighted by Gasteiger charge is 2.27. The van der Waals surface area contributed by atoms with Crippen molar-refractivity contribution < 1.29 is 4.79 Å². The number of nitrogens with zero attached hydrogens (tertiary/aromatic N) is 2. The molecule has 1 aliphatic rings. The number of amides is 1. The summed E-state index contributed by atoms with van der Waals surface area (Å²) in [5.74, 6) is 1.73. The number of hydrogen-bond donors (Lipinski definition) is 2. The zero-order chi connectivity index (χ0) is 17.8. The summed E-state index contributed by atoms with van der Waals surface area (Å²) in [6.45, 7) is 0. The Labute approximate surface area is 156 Å². The van der Waals surface area contributed by atoms with E-state index in [4.69, 9.17) is 0 Å². The van der Waals surface area contributed by atoms with Crippen LogP contribution in [-0.4, -0.2) is 26.8 Å². The monoisotopic (exact) mass is 364 g/mol. The lowest BCUT2D eigenvalue weighted by Crippen LogP contribution is -2.15. The molecule has 5 nitrogen and oxygen atoms in total. The summed E-state index contributed by atoms with van der Waals surface area (Å²) in [6, 6.07) is 18.2. The van der Waals surface area contributed by atoms with Crippen molar-refractivity contribution in [3.8, 4) is 0 Å². The zero-order valence-corrected chi connectivity index (χ0v) is 15.1. The molecule has 3 aromatic rings. The summed E-state index contributed by atoms with van der Waals surface area (Å²) in [4.78, 5) is 16.8. The van der Waals surface area contributed by atoms with E-state index >= 15 is 0 Å². The maximum atomic E-state index is 12.3. The lowest BCUT2D eigenvalue weighted by molar-refractivity contribution is -0.113. The molecule has 0 bridgehead atoms. The van der Waals surface area contributed by atoms with Crippen molar-refractivity contribution in [2.75, 3.05) is 11.1 Å². The van der Waals surface area contributed by atoms with Gasteiger partial charge in [0.15, 0.2) is 0 Å². The molecule has 1 heterocycles. The van der Waals surface area contributed by atoms with Crippen molar-refractivity contribution >= 4 is 23.4 Å². The molecule has 1 fully saturated rings. The third-order valence-corrected chi connectivity index (χ3v) is 5.15. The first kappa shape index (κ1) is 16.8. The molecule has 0 unspecified atom stereocenters. The Morgan fingerprint density at radius 1 is 1.12 bits per heavy atom. The lowest BCUT2D eigenvalue weighted by Gasteiger charge is -2.11. The van der Waals surface area contributed by atoms with E-state index in [0.29, 0.717) is 16.8 Å². The van der Waals surface area contributed by atoms with E-state index in [9.17, 15) is 4.79 Å². The molecule has 1 aromatic heterocycles. The average molecular weight is 364 g/mol. The molecule has 2 N–H and O–H groups in total. The predicted molar refractivity (Wildman–Crippen MR) is 103 cm³/mol. The van der Waals surface area contributed by atoms with Gasteiger partial charge < -0.3 is 5.32 Å². The molecule has 0 saturated heterocycles. The number of hydrogen-bond acceptors (Lipinski definition) is 4. The molecule has 2 aromatic carbocycles. The van der Waals surface area contributed by atoms with Crippen LogP contribution in [0.5, 0.6) is 0 Å². The Balaban J connectivity index is 1.36. The second-order valence-electron chi connectivity index (χ2n) is 6.43. The van der Waals surface area contributed by atoms with E-state index < -0.39 is 0 Å². The molecule has 0 atom stereocenters. The Morgan fingerprint density at radius 2 is 1.88 bits per heavy atom.